The molecule has 38 heavy (non-hydrogen) atoms. The number of benzene rings is 2. The zero-order chi connectivity index (χ0) is 26.6. The summed E-state index contributed by atoms with van der Waals surface area (Å²) < 4.78 is 12.4. The summed E-state index contributed by atoms with van der Waals surface area (Å²) in [5.41, 5.74) is 8.76. The van der Waals surface area contributed by atoms with E-state index in [0.717, 1.165) is 66.8 Å². The Kier molecular flexibility index (Phi) is 6.00. The van der Waals surface area contributed by atoms with Crippen LogP contribution in [-0.2, 0) is 16.0 Å². The summed E-state index contributed by atoms with van der Waals surface area (Å²) in [4.78, 5) is 28.2. The molecule has 0 amide bonds. The maximum atomic E-state index is 13.1. The average molecular weight is 524 g/mol. The zero-order valence-corrected chi connectivity index (χ0v) is 23.0. The molecule has 3 aromatic heterocycles. The van der Waals surface area contributed by atoms with Crippen molar-refractivity contribution >= 4 is 38.9 Å². The molecule has 192 valence electrons. The molecule has 0 N–H and O–H groups in total. The molecule has 0 radical (unpaired) electrons. The summed E-state index contributed by atoms with van der Waals surface area (Å²) in [6.45, 7) is 10.2. The largest absolute Gasteiger partial charge is 0.493 e. The predicted molar refractivity (Wildman–Crippen MR) is 152 cm³/mol. The SMILES string of the molecule is CC(=O)[C@@H](OC(C)(C)C)c1c(C)cc2nc(-c3cncs3)ccc2c1-c1ccc2c3c(ccnc13)CCO2. The molecular weight excluding hydrogens is 494 g/mol. The van der Waals surface area contributed by atoms with Crippen molar-refractivity contribution in [3.05, 3.63) is 71.0 Å². The lowest BCUT2D eigenvalue weighted by Gasteiger charge is -2.30. The van der Waals surface area contributed by atoms with Gasteiger partial charge in [0.25, 0.3) is 0 Å². The highest BCUT2D eigenvalue weighted by Crippen LogP contribution is 2.45. The van der Waals surface area contributed by atoms with E-state index in [2.05, 4.69) is 29.2 Å². The molecule has 7 heteroatoms. The Balaban J connectivity index is 1.71. The van der Waals surface area contributed by atoms with E-state index in [1.807, 2.05) is 57.7 Å². The number of hydrogen-bond acceptors (Lipinski definition) is 7. The smallest absolute Gasteiger partial charge is 0.163 e. The number of hydrogen-bond donors (Lipinski definition) is 0. The van der Waals surface area contributed by atoms with Gasteiger partial charge in [0.2, 0.25) is 0 Å². The van der Waals surface area contributed by atoms with Gasteiger partial charge in [0.05, 0.1) is 39.3 Å². The summed E-state index contributed by atoms with van der Waals surface area (Å²) in [6.07, 6.45) is 3.79. The number of nitrogens with zero attached hydrogens (tertiary/aromatic N) is 3. The fourth-order valence-electron chi connectivity index (χ4n) is 5.33. The van der Waals surface area contributed by atoms with Crippen LogP contribution in [-0.4, -0.2) is 32.9 Å². The van der Waals surface area contributed by atoms with Crippen molar-refractivity contribution in [2.45, 2.75) is 52.7 Å². The number of ketones is 1. The van der Waals surface area contributed by atoms with Gasteiger partial charge in [-0.25, -0.2) is 4.98 Å². The minimum Gasteiger partial charge on any atom is -0.493 e. The first-order valence-corrected chi connectivity index (χ1v) is 13.6. The van der Waals surface area contributed by atoms with Crippen LogP contribution >= 0.6 is 11.3 Å². The topological polar surface area (TPSA) is 74.2 Å². The molecule has 0 aliphatic carbocycles. The van der Waals surface area contributed by atoms with Crippen LogP contribution in [0.3, 0.4) is 0 Å². The van der Waals surface area contributed by atoms with Crippen LogP contribution in [0.25, 0.3) is 43.5 Å². The van der Waals surface area contributed by atoms with Gasteiger partial charge in [0.1, 0.15) is 11.9 Å². The lowest BCUT2D eigenvalue weighted by atomic mass is 9.85. The highest BCUT2D eigenvalue weighted by Gasteiger charge is 2.31. The maximum Gasteiger partial charge on any atom is 0.163 e. The molecule has 0 fully saturated rings. The Bertz CT molecular complexity index is 1690. The molecule has 5 aromatic rings. The summed E-state index contributed by atoms with van der Waals surface area (Å²) in [5.74, 6) is 0.799. The molecular formula is C31H29N3O3S. The van der Waals surface area contributed by atoms with Crippen molar-refractivity contribution in [3.8, 4) is 27.4 Å². The van der Waals surface area contributed by atoms with Gasteiger partial charge in [-0.1, -0.05) is 0 Å². The fraction of sp³-hybridized carbons (Fsp3) is 0.290. The lowest BCUT2D eigenvalue weighted by Crippen LogP contribution is -2.27. The third kappa shape index (κ3) is 4.25. The summed E-state index contributed by atoms with van der Waals surface area (Å²) in [7, 11) is 0. The average Bonchev–Trinajstić information content (AvgIpc) is 3.42. The van der Waals surface area contributed by atoms with E-state index in [1.165, 1.54) is 5.56 Å². The third-order valence-corrected chi connectivity index (χ3v) is 7.66. The van der Waals surface area contributed by atoms with Crippen molar-refractivity contribution in [1.82, 2.24) is 15.0 Å². The molecule has 0 bridgehead atoms. The second-order valence-electron chi connectivity index (χ2n) is 10.7. The second kappa shape index (κ2) is 9.26. The van der Waals surface area contributed by atoms with Crippen molar-refractivity contribution in [2.24, 2.45) is 0 Å². The number of aryl methyl sites for hydroxylation is 1. The van der Waals surface area contributed by atoms with Gasteiger partial charge in [0, 0.05) is 35.2 Å². The molecule has 0 spiro atoms. The number of pyridine rings is 2. The van der Waals surface area contributed by atoms with Crippen molar-refractivity contribution in [3.63, 3.8) is 0 Å². The maximum absolute atomic E-state index is 13.1. The van der Waals surface area contributed by atoms with Crippen LogP contribution in [0, 0.1) is 6.92 Å². The van der Waals surface area contributed by atoms with Gasteiger partial charge in [0.15, 0.2) is 5.78 Å². The number of aromatic nitrogens is 3. The molecule has 6 nitrogen and oxygen atoms in total. The molecule has 0 saturated carbocycles. The number of rotatable bonds is 5. The van der Waals surface area contributed by atoms with Gasteiger partial charge in [-0.3, -0.25) is 14.8 Å². The minimum absolute atomic E-state index is 0.0445. The third-order valence-electron chi connectivity index (χ3n) is 6.87. The number of carbonyl (C=O) groups excluding carboxylic acids is 1. The minimum atomic E-state index is -0.738. The number of carbonyl (C=O) groups is 1. The number of thiazole rings is 1. The molecule has 0 saturated heterocycles. The van der Waals surface area contributed by atoms with E-state index >= 15 is 0 Å². The Morgan fingerprint density at radius 2 is 2.00 bits per heavy atom. The lowest BCUT2D eigenvalue weighted by molar-refractivity contribution is -0.138. The highest BCUT2D eigenvalue weighted by atomic mass is 32.1. The molecule has 2 aromatic carbocycles. The highest BCUT2D eigenvalue weighted by molar-refractivity contribution is 7.13. The molecule has 1 aliphatic rings. The Morgan fingerprint density at radius 1 is 1.16 bits per heavy atom. The quantitative estimate of drug-likeness (QED) is 0.241. The first-order chi connectivity index (χ1) is 18.2. The van der Waals surface area contributed by atoms with Crippen LogP contribution in [0.2, 0.25) is 0 Å². The van der Waals surface area contributed by atoms with Crippen molar-refractivity contribution < 1.29 is 14.3 Å². The van der Waals surface area contributed by atoms with Crippen LogP contribution < -0.4 is 4.74 Å². The molecule has 4 heterocycles. The van der Waals surface area contributed by atoms with Gasteiger partial charge in [-0.05, 0) is 93.3 Å². The van der Waals surface area contributed by atoms with Crippen LogP contribution in [0.5, 0.6) is 5.75 Å². The number of ether oxygens (including phenoxy) is 2. The van der Waals surface area contributed by atoms with Gasteiger partial charge in [-0.15, -0.1) is 11.3 Å². The zero-order valence-electron chi connectivity index (χ0n) is 22.2. The first kappa shape index (κ1) is 24.6. The summed E-state index contributed by atoms with van der Waals surface area (Å²) >= 11 is 1.56. The second-order valence-corrected chi connectivity index (χ2v) is 11.6. The molecule has 1 atom stereocenters. The molecule has 1 aliphatic heterocycles. The van der Waals surface area contributed by atoms with Gasteiger partial charge in [-0.2, -0.15) is 0 Å². The Hall–Kier alpha value is -3.68. The van der Waals surface area contributed by atoms with Gasteiger partial charge >= 0.3 is 0 Å². The van der Waals surface area contributed by atoms with E-state index in [4.69, 9.17) is 19.4 Å². The van der Waals surface area contributed by atoms with Crippen LogP contribution in [0.1, 0.15) is 50.5 Å². The van der Waals surface area contributed by atoms with Crippen molar-refractivity contribution in [1.29, 1.82) is 0 Å². The Labute approximate surface area is 225 Å². The fourth-order valence-corrected chi connectivity index (χ4v) is 5.92. The van der Waals surface area contributed by atoms with E-state index in [-0.39, 0.29) is 5.78 Å². The number of Topliss-reactive ketones (excluding diaryl/α,β-unsaturated/α-hetero) is 1. The summed E-state index contributed by atoms with van der Waals surface area (Å²) in [6, 6.07) is 12.3. The molecule has 0 unspecified atom stereocenters. The van der Waals surface area contributed by atoms with Crippen LogP contribution in [0.4, 0.5) is 0 Å². The predicted octanol–water partition coefficient (Wildman–Crippen LogP) is 7.26. The van der Waals surface area contributed by atoms with E-state index in [1.54, 1.807) is 18.3 Å². The Morgan fingerprint density at radius 3 is 2.74 bits per heavy atom. The first-order valence-electron chi connectivity index (χ1n) is 12.8. The summed E-state index contributed by atoms with van der Waals surface area (Å²) in [5, 5.41) is 1.98. The standard InChI is InChI=1S/C31H29N3O3S/c1-17-14-23-20(6-8-22(34-23)25-15-32-16-38-25)28(26(17)30(18(2)35)37-31(3,4)5)21-7-9-24-27-19(11-13-36-24)10-12-33-29(21)27/h6-10,12,14-16,30H,11,13H2,1-5H3/t30-/m1/s1. The number of fused-ring (bicyclic) bond motifs is 1. The van der Waals surface area contributed by atoms with Gasteiger partial charge < -0.3 is 9.47 Å². The monoisotopic (exact) mass is 523 g/mol. The molecule has 6 rings (SSSR count). The van der Waals surface area contributed by atoms with E-state index < -0.39 is 11.7 Å². The normalized spacial score (nSPS) is 14.0. The van der Waals surface area contributed by atoms with Crippen LogP contribution in [0.15, 0.2) is 54.3 Å². The van der Waals surface area contributed by atoms with E-state index in [9.17, 15) is 4.79 Å². The van der Waals surface area contributed by atoms with E-state index in [0.29, 0.717) is 6.61 Å². The van der Waals surface area contributed by atoms with Crippen molar-refractivity contribution in [2.75, 3.05) is 6.61 Å².